The molecule has 5 nitrogen and oxygen atoms in total. The summed E-state index contributed by atoms with van der Waals surface area (Å²) in [4.78, 5) is 29.0. The van der Waals surface area contributed by atoms with E-state index in [1.54, 1.807) is 17.4 Å². The molecular formula is C18H16N2O3S2. The summed E-state index contributed by atoms with van der Waals surface area (Å²) >= 11 is 3.05. The van der Waals surface area contributed by atoms with E-state index < -0.39 is 5.97 Å². The Hall–Kier alpha value is -2.51. The van der Waals surface area contributed by atoms with Gasteiger partial charge in [-0.15, -0.1) is 22.7 Å². The number of hydrogen-bond donors (Lipinski definition) is 1. The fourth-order valence-electron chi connectivity index (χ4n) is 2.18. The summed E-state index contributed by atoms with van der Waals surface area (Å²) in [6.45, 7) is 1.58. The third-order valence-corrected chi connectivity index (χ3v) is 5.42. The number of carbonyl (C=O) groups excluding carboxylic acids is 2. The van der Waals surface area contributed by atoms with E-state index in [0.29, 0.717) is 5.01 Å². The molecule has 3 aromatic rings. The largest absolute Gasteiger partial charge is 0.452 e. The van der Waals surface area contributed by atoms with Crippen molar-refractivity contribution in [3.63, 3.8) is 0 Å². The van der Waals surface area contributed by atoms with E-state index in [1.807, 2.05) is 48.7 Å². The molecular weight excluding hydrogens is 356 g/mol. The van der Waals surface area contributed by atoms with Crippen LogP contribution in [0.2, 0.25) is 0 Å². The van der Waals surface area contributed by atoms with Crippen LogP contribution >= 0.6 is 22.7 Å². The van der Waals surface area contributed by atoms with Gasteiger partial charge >= 0.3 is 5.97 Å². The van der Waals surface area contributed by atoms with Crippen LogP contribution in [-0.2, 0) is 14.3 Å². The fraction of sp³-hybridized carbons (Fsp3) is 0.167. The zero-order valence-electron chi connectivity index (χ0n) is 13.5. The number of hydrogen-bond acceptors (Lipinski definition) is 6. The summed E-state index contributed by atoms with van der Waals surface area (Å²) in [7, 11) is 0. The lowest BCUT2D eigenvalue weighted by molar-refractivity contribution is -0.144. The first-order chi connectivity index (χ1) is 12.1. The van der Waals surface area contributed by atoms with Crippen molar-refractivity contribution >= 4 is 50.8 Å². The van der Waals surface area contributed by atoms with Gasteiger partial charge in [0.25, 0.3) is 5.91 Å². The van der Waals surface area contributed by atoms with E-state index >= 15 is 0 Å². The monoisotopic (exact) mass is 372 g/mol. The molecule has 0 saturated heterocycles. The molecule has 0 aliphatic carbocycles. The number of carbonyl (C=O) groups is 2. The molecule has 25 heavy (non-hydrogen) atoms. The SMILES string of the molecule is C[C@@H](NC(=O)COC(=O)/C=C/c1nc2ccccc2s1)c1cccs1. The van der Waals surface area contributed by atoms with E-state index in [0.717, 1.165) is 15.1 Å². The van der Waals surface area contributed by atoms with Gasteiger partial charge in [0, 0.05) is 11.0 Å². The van der Waals surface area contributed by atoms with Gasteiger partial charge < -0.3 is 10.1 Å². The van der Waals surface area contributed by atoms with Crippen LogP contribution in [-0.4, -0.2) is 23.5 Å². The van der Waals surface area contributed by atoms with Crippen LogP contribution in [0.5, 0.6) is 0 Å². The second kappa shape index (κ2) is 8.04. The Morgan fingerprint density at radius 2 is 2.12 bits per heavy atom. The minimum atomic E-state index is -0.571. The van der Waals surface area contributed by atoms with Gasteiger partial charge in [0.05, 0.1) is 16.3 Å². The number of rotatable bonds is 6. The predicted octanol–water partition coefficient (Wildman–Crippen LogP) is 3.79. The van der Waals surface area contributed by atoms with Crippen molar-refractivity contribution in [3.05, 3.63) is 57.7 Å². The first kappa shape index (κ1) is 17.3. The highest BCUT2D eigenvalue weighted by Crippen LogP contribution is 2.22. The second-order valence-corrected chi connectivity index (χ2v) is 7.31. The van der Waals surface area contributed by atoms with Gasteiger partial charge in [-0.25, -0.2) is 9.78 Å². The molecule has 1 N–H and O–H groups in total. The van der Waals surface area contributed by atoms with Crippen molar-refractivity contribution in [1.29, 1.82) is 0 Å². The van der Waals surface area contributed by atoms with Crippen LogP contribution in [0.15, 0.2) is 47.9 Å². The van der Waals surface area contributed by atoms with Gasteiger partial charge in [-0.3, -0.25) is 4.79 Å². The number of thiophene rings is 1. The fourth-order valence-corrected chi connectivity index (χ4v) is 3.78. The van der Waals surface area contributed by atoms with Gasteiger partial charge in [-0.2, -0.15) is 0 Å². The lowest BCUT2D eigenvalue weighted by Gasteiger charge is -2.11. The van der Waals surface area contributed by atoms with Crippen molar-refractivity contribution in [1.82, 2.24) is 10.3 Å². The Morgan fingerprint density at radius 3 is 2.88 bits per heavy atom. The molecule has 2 heterocycles. The average molecular weight is 372 g/mol. The van der Waals surface area contributed by atoms with Gasteiger partial charge in [-0.05, 0) is 36.6 Å². The third kappa shape index (κ3) is 4.74. The summed E-state index contributed by atoms with van der Waals surface area (Å²) in [6, 6.07) is 11.5. The number of nitrogens with zero attached hydrogens (tertiary/aromatic N) is 1. The number of nitrogens with one attached hydrogen (secondary N) is 1. The Kier molecular flexibility index (Phi) is 5.57. The van der Waals surface area contributed by atoms with Crippen molar-refractivity contribution in [2.75, 3.05) is 6.61 Å². The van der Waals surface area contributed by atoms with E-state index in [9.17, 15) is 9.59 Å². The number of aromatic nitrogens is 1. The van der Waals surface area contributed by atoms with Crippen molar-refractivity contribution in [2.45, 2.75) is 13.0 Å². The first-order valence-electron chi connectivity index (χ1n) is 7.65. The molecule has 0 bridgehead atoms. The molecule has 0 fully saturated rings. The highest BCUT2D eigenvalue weighted by atomic mass is 32.1. The Morgan fingerprint density at radius 1 is 1.28 bits per heavy atom. The molecule has 1 amide bonds. The van der Waals surface area contributed by atoms with Crippen molar-refractivity contribution < 1.29 is 14.3 Å². The quantitative estimate of drug-likeness (QED) is 0.528. The van der Waals surface area contributed by atoms with Crippen LogP contribution in [0.1, 0.15) is 22.9 Å². The van der Waals surface area contributed by atoms with E-state index in [1.165, 1.54) is 17.4 Å². The number of thiazole rings is 1. The van der Waals surface area contributed by atoms with Gasteiger partial charge in [0.15, 0.2) is 6.61 Å². The third-order valence-electron chi connectivity index (χ3n) is 3.37. The molecule has 3 rings (SSSR count). The molecule has 0 radical (unpaired) electrons. The number of amides is 1. The Labute approximate surface area is 153 Å². The zero-order valence-corrected chi connectivity index (χ0v) is 15.1. The number of fused-ring (bicyclic) bond motifs is 1. The number of benzene rings is 1. The minimum Gasteiger partial charge on any atom is -0.452 e. The number of esters is 1. The average Bonchev–Trinajstić information content (AvgIpc) is 3.27. The van der Waals surface area contributed by atoms with Crippen LogP contribution in [0.3, 0.4) is 0 Å². The van der Waals surface area contributed by atoms with Crippen LogP contribution in [0.4, 0.5) is 0 Å². The maximum atomic E-state index is 11.8. The van der Waals surface area contributed by atoms with Crippen LogP contribution in [0.25, 0.3) is 16.3 Å². The molecule has 1 aromatic carbocycles. The highest BCUT2D eigenvalue weighted by molar-refractivity contribution is 7.19. The standard InChI is InChI=1S/C18H16N2O3S2/c1-12(14-7-4-10-24-14)19-16(21)11-23-18(22)9-8-17-20-13-5-2-3-6-15(13)25-17/h2-10,12H,11H2,1H3,(H,19,21)/b9-8+/t12-/m1/s1. The molecule has 1 atom stereocenters. The molecule has 0 spiro atoms. The summed E-state index contributed by atoms with van der Waals surface area (Å²) in [6.07, 6.45) is 2.88. The molecule has 0 saturated carbocycles. The van der Waals surface area contributed by atoms with E-state index in [-0.39, 0.29) is 18.6 Å². The van der Waals surface area contributed by atoms with Crippen LogP contribution in [0, 0.1) is 0 Å². The minimum absolute atomic E-state index is 0.107. The number of para-hydroxylation sites is 1. The maximum absolute atomic E-state index is 11.8. The smallest absolute Gasteiger partial charge is 0.331 e. The predicted molar refractivity (Wildman–Crippen MR) is 100 cm³/mol. The van der Waals surface area contributed by atoms with E-state index in [4.69, 9.17) is 4.74 Å². The lowest BCUT2D eigenvalue weighted by atomic mass is 10.3. The second-order valence-electron chi connectivity index (χ2n) is 5.27. The summed E-state index contributed by atoms with van der Waals surface area (Å²) < 4.78 is 6.01. The maximum Gasteiger partial charge on any atom is 0.331 e. The topological polar surface area (TPSA) is 68.3 Å². The molecule has 0 unspecified atom stereocenters. The van der Waals surface area contributed by atoms with E-state index in [2.05, 4.69) is 10.3 Å². The molecule has 0 aliphatic rings. The molecule has 2 aromatic heterocycles. The van der Waals surface area contributed by atoms with Gasteiger partial charge in [-0.1, -0.05) is 18.2 Å². The number of ether oxygens (including phenoxy) is 1. The van der Waals surface area contributed by atoms with Crippen LogP contribution < -0.4 is 5.32 Å². The Balaban J connectivity index is 1.48. The van der Waals surface area contributed by atoms with Crippen molar-refractivity contribution in [2.24, 2.45) is 0 Å². The molecule has 0 aliphatic heterocycles. The molecule has 7 heteroatoms. The summed E-state index contributed by atoms with van der Waals surface area (Å²) in [5.41, 5.74) is 0.891. The van der Waals surface area contributed by atoms with Gasteiger partial charge in [0.2, 0.25) is 0 Å². The zero-order chi connectivity index (χ0) is 17.6. The summed E-state index contributed by atoms with van der Waals surface area (Å²) in [5, 5.41) is 5.45. The lowest BCUT2D eigenvalue weighted by Crippen LogP contribution is -2.30. The Bertz CT molecular complexity index is 867. The first-order valence-corrected chi connectivity index (χ1v) is 9.34. The normalized spacial score (nSPS) is 12.4. The highest BCUT2D eigenvalue weighted by Gasteiger charge is 2.11. The van der Waals surface area contributed by atoms with Crippen molar-refractivity contribution in [3.8, 4) is 0 Å². The molecule has 128 valence electrons. The summed E-state index contributed by atoms with van der Waals surface area (Å²) in [5.74, 6) is -0.902. The van der Waals surface area contributed by atoms with Gasteiger partial charge in [0.1, 0.15) is 5.01 Å².